The molecular weight excluding hydrogens is 284 g/mol. The number of carbonyl (C=O) groups excluding carboxylic acids is 1. The predicted molar refractivity (Wildman–Crippen MR) is 69.8 cm³/mol. The Morgan fingerprint density at radius 3 is 2.67 bits per heavy atom. The molecule has 0 unspecified atom stereocenters. The zero-order valence-electron chi connectivity index (χ0n) is 11.1. The highest BCUT2D eigenvalue weighted by Crippen LogP contribution is 2.18. The van der Waals surface area contributed by atoms with Crippen molar-refractivity contribution in [2.75, 3.05) is 6.61 Å². The van der Waals surface area contributed by atoms with Gasteiger partial charge in [-0.1, -0.05) is 6.07 Å². The molecule has 0 saturated carbocycles. The molecule has 1 amide bonds. The van der Waals surface area contributed by atoms with Gasteiger partial charge >= 0.3 is 5.97 Å². The first-order valence-electron chi connectivity index (χ1n) is 5.88. The monoisotopic (exact) mass is 298 g/mol. The Hall–Kier alpha value is -2.68. The van der Waals surface area contributed by atoms with Crippen LogP contribution in [0.4, 0.5) is 5.69 Å². The molecule has 2 atom stereocenters. The number of nitrogens with zero attached hydrogens (tertiary/aromatic N) is 1. The molecule has 1 aromatic carbocycles. The minimum atomic E-state index is -1.45. The standard InChI is InChI=1S/C12H14N2O7/c1-7(15)11(12(17)18)13-10(16)6-21-9-4-2-3-8(5-9)14(19)20/h2-5,7,11,15H,6H2,1H3,(H,13,16)(H,17,18)/t7-,11+/m1/s1. The summed E-state index contributed by atoms with van der Waals surface area (Å²) in [5.41, 5.74) is -0.194. The number of rotatable bonds is 7. The second-order valence-corrected chi connectivity index (χ2v) is 4.17. The van der Waals surface area contributed by atoms with E-state index in [4.69, 9.17) is 9.84 Å². The molecule has 0 bridgehead atoms. The summed E-state index contributed by atoms with van der Waals surface area (Å²) in [5, 5.41) is 30.6. The highest BCUT2D eigenvalue weighted by atomic mass is 16.6. The minimum Gasteiger partial charge on any atom is -0.484 e. The maximum atomic E-state index is 11.5. The van der Waals surface area contributed by atoms with Gasteiger partial charge in [-0.25, -0.2) is 4.79 Å². The van der Waals surface area contributed by atoms with E-state index in [0.29, 0.717) is 0 Å². The molecule has 114 valence electrons. The fourth-order valence-corrected chi connectivity index (χ4v) is 1.44. The summed E-state index contributed by atoms with van der Waals surface area (Å²) in [6, 6.07) is 3.76. The molecule has 1 rings (SSSR count). The van der Waals surface area contributed by atoms with Crippen molar-refractivity contribution in [2.24, 2.45) is 0 Å². The van der Waals surface area contributed by atoms with E-state index in [1.165, 1.54) is 25.1 Å². The van der Waals surface area contributed by atoms with E-state index in [-0.39, 0.29) is 11.4 Å². The normalized spacial score (nSPS) is 13.0. The van der Waals surface area contributed by atoms with Crippen LogP contribution in [0, 0.1) is 10.1 Å². The van der Waals surface area contributed by atoms with Crippen LogP contribution in [-0.4, -0.2) is 45.8 Å². The van der Waals surface area contributed by atoms with Crippen LogP contribution in [0.2, 0.25) is 0 Å². The van der Waals surface area contributed by atoms with Crippen LogP contribution >= 0.6 is 0 Å². The molecule has 21 heavy (non-hydrogen) atoms. The number of ether oxygens (including phenoxy) is 1. The van der Waals surface area contributed by atoms with Crippen molar-refractivity contribution >= 4 is 17.6 Å². The molecule has 3 N–H and O–H groups in total. The Morgan fingerprint density at radius 1 is 1.48 bits per heavy atom. The summed E-state index contributed by atoms with van der Waals surface area (Å²) < 4.78 is 5.03. The van der Waals surface area contributed by atoms with E-state index < -0.39 is 35.6 Å². The first-order valence-corrected chi connectivity index (χ1v) is 5.88. The van der Waals surface area contributed by atoms with E-state index >= 15 is 0 Å². The second kappa shape index (κ2) is 7.20. The van der Waals surface area contributed by atoms with Crippen molar-refractivity contribution in [1.82, 2.24) is 5.32 Å². The molecule has 0 aliphatic carbocycles. The van der Waals surface area contributed by atoms with Crippen LogP contribution < -0.4 is 10.1 Å². The maximum absolute atomic E-state index is 11.5. The van der Waals surface area contributed by atoms with Crippen LogP contribution in [0.15, 0.2) is 24.3 Å². The first kappa shape index (κ1) is 16.4. The van der Waals surface area contributed by atoms with Crippen molar-refractivity contribution < 1.29 is 29.5 Å². The Morgan fingerprint density at radius 2 is 2.14 bits per heavy atom. The van der Waals surface area contributed by atoms with Crippen molar-refractivity contribution in [3.05, 3.63) is 34.4 Å². The molecule has 0 fully saturated rings. The van der Waals surface area contributed by atoms with Gasteiger partial charge in [-0.15, -0.1) is 0 Å². The molecule has 0 heterocycles. The number of carboxylic acid groups (broad SMARTS) is 1. The molecule has 1 aromatic rings. The van der Waals surface area contributed by atoms with Gasteiger partial charge in [-0.2, -0.15) is 0 Å². The number of nitro benzene ring substituents is 1. The number of nitro groups is 1. The fourth-order valence-electron chi connectivity index (χ4n) is 1.44. The van der Waals surface area contributed by atoms with Gasteiger partial charge in [0.2, 0.25) is 0 Å². The molecule has 0 aliphatic heterocycles. The van der Waals surface area contributed by atoms with E-state index in [1.807, 2.05) is 0 Å². The Kier molecular flexibility index (Phi) is 5.61. The lowest BCUT2D eigenvalue weighted by atomic mass is 10.2. The Balaban J connectivity index is 2.58. The molecule has 0 saturated heterocycles. The van der Waals surface area contributed by atoms with Gasteiger partial charge in [0.25, 0.3) is 11.6 Å². The highest BCUT2D eigenvalue weighted by molar-refractivity contribution is 5.84. The van der Waals surface area contributed by atoms with Gasteiger partial charge in [-0.05, 0) is 13.0 Å². The molecule has 0 aromatic heterocycles. The van der Waals surface area contributed by atoms with Gasteiger partial charge in [-0.3, -0.25) is 14.9 Å². The van der Waals surface area contributed by atoms with Gasteiger partial charge in [0.1, 0.15) is 5.75 Å². The van der Waals surface area contributed by atoms with Gasteiger partial charge in [0.05, 0.1) is 17.1 Å². The molecular formula is C12H14N2O7. The third-order valence-corrected chi connectivity index (χ3v) is 2.46. The van der Waals surface area contributed by atoms with Crippen molar-refractivity contribution in [2.45, 2.75) is 19.1 Å². The lowest BCUT2D eigenvalue weighted by Crippen LogP contribution is -2.49. The van der Waals surface area contributed by atoms with Gasteiger partial charge in [0, 0.05) is 6.07 Å². The average Bonchev–Trinajstić information content (AvgIpc) is 2.42. The number of aliphatic hydroxyl groups is 1. The quantitative estimate of drug-likeness (QED) is 0.472. The van der Waals surface area contributed by atoms with Crippen LogP contribution in [0.1, 0.15) is 6.92 Å². The number of nitrogens with one attached hydrogen (secondary N) is 1. The Bertz CT molecular complexity index is 544. The third kappa shape index (κ3) is 5.07. The van der Waals surface area contributed by atoms with Crippen molar-refractivity contribution in [3.63, 3.8) is 0 Å². The van der Waals surface area contributed by atoms with Crippen LogP contribution in [0.3, 0.4) is 0 Å². The lowest BCUT2D eigenvalue weighted by molar-refractivity contribution is -0.384. The minimum absolute atomic E-state index is 0.100. The number of hydrogen-bond donors (Lipinski definition) is 3. The van der Waals surface area contributed by atoms with E-state index in [1.54, 1.807) is 0 Å². The smallest absolute Gasteiger partial charge is 0.328 e. The van der Waals surface area contributed by atoms with E-state index in [0.717, 1.165) is 6.07 Å². The number of aliphatic hydroxyl groups excluding tert-OH is 1. The molecule has 0 spiro atoms. The third-order valence-electron chi connectivity index (χ3n) is 2.46. The number of non-ortho nitro benzene ring substituents is 1. The number of carboxylic acids is 1. The average molecular weight is 298 g/mol. The molecule has 9 nitrogen and oxygen atoms in total. The highest BCUT2D eigenvalue weighted by Gasteiger charge is 2.25. The predicted octanol–water partition coefficient (Wildman–Crippen LogP) is -0.0762. The fraction of sp³-hybridized carbons (Fsp3) is 0.333. The van der Waals surface area contributed by atoms with Crippen LogP contribution in [0.25, 0.3) is 0 Å². The number of hydrogen-bond acceptors (Lipinski definition) is 6. The van der Waals surface area contributed by atoms with Crippen LogP contribution in [-0.2, 0) is 9.59 Å². The summed E-state index contributed by atoms with van der Waals surface area (Å²) in [5.74, 6) is -2.05. The number of aliphatic carboxylic acids is 1. The topological polar surface area (TPSA) is 139 Å². The summed E-state index contributed by atoms with van der Waals surface area (Å²) in [6.45, 7) is 0.693. The lowest BCUT2D eigenvalue weighted by Gasteiger charge is -2.17. The summed E-state index contributed by atoms with van der Waals surface area (Å²) >= 11 is 0. The summed E-state index contributed by atoms with van der Waals surface area (Å²) in [7, 11) is 0. The van der Waals surface area contributed by atoms with E-state index in [2.05, 4.69) is 5.32 Å². The zero-order valence-corrected chi connectivity index (χ0v) is 11.1. The van der Waals surface area contributed by atoms with Crippen LogP contribution in [0.5, 0.6) is 5.75 Å². The molecule has 0 aliphatic rings. The summed E-state index contributed by atoms with van der Waals surface area (Å²) in [4.78, 5) is 32.2. The van der Waals surface area contributed by atoms with E-state index in [9.17, 15) is 24.8 Å². The second-order valence-electron chi connectivity index (χ2n) is 4.17. The van der Waals surface area contributed by atoms with Gasteiger partial charge in [0.15, 0.2) is 12.6 Å². The molecule has 9 heteroatoms. The largest absolute Gasteiger partial charge is 0.484 e. The first-order chi connectivity index (χ1) is 9.81. The number of carbonyl (C=O) groups is 2. The zero-order chi connectivity index (χ0) is 16.0. The number of amides is 1. The van der Waals surface area contributed by atoms with Crippen molar-refractivity contribution in [3.8, 4) is 5.75 Å². The molecule has 0 radical (unpaired) electrons. The SMILES string of the molecule is C[C@@H](O)[C@H](NC(=O)COc1cccc([N+](=O)[O-])c1)C(=O)O. The Labute approximate surface area is 119 Å². The summed E-state index contributed by atoms with van der Waals surface area (Å²) in [6.07, 6.45) is -1.27. The van der Waals surface area contributed by atoms with Gasteiger partial charge < -0.3 is 20.3 Å². The maximum Gasteiger partial charge on any atom is 0.328 e. The number of benzene rings is 1. The van der Waals surface area contributed by atoms with Crippen molar-refractivity contribution in [1.29, 1.82) is 0 Å².